The number of pyridine rings is 1. The lowest BCUT2D eigenvalue weighted by atomic mass is 9.97. The predicted molar refractivity (Wildman–Crippen MR) is 123 cm³/mol. The van der Waals surface area contributed by atoms with E-state index < -0.39 is 17.7 Å². The van der Waals surface area contributed by atoms with Gasteiger partial charge in [-0.15, -0.1) is 0 Å². The summed E-state index contributed by atoms with van der Waals surface area (Å²) in [6.45, 7) is 6.19. The number of aliphatic hydroxyl groups excluding tert-OH is 1. The largest absolute Gasteiger partial charge is 0.507 e. The molecular formula is C25H29N3O5. The first-order valence-electron chi connectivity index (χ1n) is 11.2. The van der Waals surface area contributed by atoms with Crippen LogP contribution in [-0.4, -0.2) is 78.1 Å². The predicted octanol–water partition coefficient (Wildman–Crippen LogP) is 2.54. The number of aryl methyl sites for hydroxylation is 1. The SMILES string of the molecule is COc1ccc(/C(O)=C2\C(=O)C(=O)N(CCCN3CCOCC3)[C@@H]2c2ccccn2)cc1C. The minimum atomic E-state index is -0.738. The second kappa shape index (κ2) is 10.1. The number of hydrogen-bond donors (Lipinski definition) is 1. The van der Waals surface area contributed by atoms with E-state index in [2.05, 4.69) is 9.88 Å². The Bertz CT molecular complexity index is 1050. The van der Waals surface area contributed by atoms with Gasteiger partial charge in [0.25, 0.3) is 11.7 Å². The molecule has 1 atom stereocenters. The number of hydrogen-bond acceptors (Lipinski definition) is 7. The summed E-state index contributed by atoms with van der Waals surface area (Å²) in [5, 5.41) is 11.2. The Morgan fingerprint density at radius 1 is 1.18 bits per heavy atom. The Kier molecular flexibility index (Phi) is 7.05. The van der Waals surface area contributed by atoms with Gasteiger partial charge in [0.2, 0.25) is 0 Å². The molecule has 0 bridgehead atoms. The maximum absolute atomic E-state index is 13.1. The van der Waals surface area contributed by atoms with E-state index in [0.29, 0.717) is 43.2 Å². The van der Waals surface area contributed by atoms with Gasteiger partial charge in [-0.1, -0.05) is 6.07 Å². The maximum Gasteiger partial charge on any atom is 0.295 e. The van der Waals surface area contributed by atoms with Gasteiger partial charge in [-0.3, -0.25) is 19.5 Å². The molecule has 0 aliphatic carbocycles. The molecule has 2 saturated heterocycles. The van der Waals surface area contributed by atoms with E-state index in [0.717, 1.165) is 25.2 Å². The highest BCUT2D eigenvalue weighted by atomic mass is 16.5. The fourth-order valence-corrected chi connectivity index (χ4v) is 4.43. The molecule has 2 aliphatic rings. The van der Waals surface area contributed by atoms with Gasteiger partial charge in [0, 0.05) is 37.9 Å². The highest BCUT2D eigenvalue weighted by Crippen LogP contribution is 2.39. The second-order valence-corrected chi connectivity index (χ2v) is 8.24. The number of rotatable bonds is 7. The third-order valence-corrected chi connectivity index (χ3v) is 6.15. The van der Waals surface area contributed by atoms with Gasteiger partial charge in [0.05, 0.1) is 31.6 Å². The van der Waals surface area contributed by atoms with Crippen LogP contribution in [0.15, 0.2) is 48.2 Å². The summed E-state index contributed by atoms with van der Waals surface area (Å²) < 4.78 is 10.7. The van der Waals surface area contributed by atoms with Crippen LogP contribution in [0.2, 0.25) is 0 Å². The number of ether oxygens (including phenoxy) is 2. The Hall–Kier alpha value is -3.23. The normalized spacial score (nSPS) is 20.9. The fraction of sp³-hybridized carbons (Fsp3) is 0.400. The van der Waals surface area contributed by atoms with Crippen molar-refractivity contribution in [2.75, 3.05) is 46.5 Å². The summed E-state index contributed by atoms with van der Waals surface area (Å²) >= 11 is 0. The molecule has 0 radical (unpaired) electrons. The van der Waals surface area contributed by atoms with Crippen molar-refractivity contribution in [1.82, 2.24) is 14.8 Å². The van der Waals surface area contributed by atoms with E-state index >= 15 is 0 Å². The number of methoxy groups -OCH3 is 1. The van der Waals surface area contributed by atoms with E-state index in [4.69, 9.17) is 9.47 Å². The van der Waals surface area contributed by atoms with Crippen LogP contribution in [-0.2, 0) is 14.3 Å². The third-order valence-electron chi connectivity index (χ3n) is 6.15. The van der Waals surface area contributed by atoms with E-state index in [1.165, 1.54) is 4.90 Å². The minimum absolute atomic E-state index is 0.0645. The lowest BCUT2D eigenvalue weighted by Gasteiger charge is -2.28. The van der Waals surface area contributed by atoms with Crippen molar-refractivity contribution in [3.8, 4) is 5.75 Å². The Morgan fingerprint density at radius 3 is 2.64 bits per heavy atom. The van der Waals surface area contributed by atoms with Crippen LogP contribution in [0.1, 0.15) is 29.3 Å². The van der Waals surface area contributed by atoms with E-state index in [9.17, 15) is 14.7 Å². The van der Waals surface area contributed by atoms with Crippen molar-refractivity contribution in [2.45, 2.75) is 19.4 Å². The summed E-state index contributed by atoms with van der Waals surface area (Å²) in [5.74, 6) is -0.829. The molecule has 3 heterocycles. The fourth-order valence-electron chi connectivity index (χ4n) is 4.43. The zero-order valence-corrected chi connectivity index (χ0v) is 19.0. The number of likely N-dealkylation sites (tertiary alicyclic amines) is 1. The van der Waals surface area contributed by atoms with Crippen molar-refractivity contribution in [3.63, 3.8) is 0 Å². The summed E-state index contributed by atoms with van der Waals surface area (Å²) in [6.07, 6.45) is 2.33. The van der Waals surface area contributed by atoms with Gasteiger partial charge in [-0.25, -0.2) is 0 Å². The van der Waals surface area contributed by atoms with E-state index in [1.54, 1.807) is 43.6 Å². The summed E-state index contributed by atoms with van der Waals surface area (Å²) in [7, 11) is 1.57. The average Bonchev–Trinajstić information content (AvgIpc) is 3.10. The molecule has 1 N–H and O–H groups in total. The standard InChI is InChI=1S/C25H29N3O5/c1-17-16-18(7-8-20(17)32-2)23(29)21-22(19-6-3-4-9-26-19)28(25(31)24(21)30)11-5-10-27-12-14-33-15-13-27/h3-4,6-9,16,22,29H,5,10-15H2,1-2H3/b23-21+/t22-/m1/s1. The maximum atomic E-state index is 13.1. The number of nitrogens with zero attached hydrogens (tertiary/aromatic N) is 3. The number of morpholine rings is 1. The zero-order chi connectivity index (χ0) is 23.4. The molecule has 0 spiro atoms. The quantitative estimate of drug-likeness (QED) is 0.393. The van der Waals surface area contributed by atoms with Crippen LogP contribution >= 0.6 is 0 Å². The molecule has 1 aromatic heterocycles. The molecule has 0 unspecified atom stereocenters. The van der Waals surface area contributed by atoms with Crippen molar-refractivity contribution < 1.29 is 24.2 Å². The topological polar surface area (TPSA) is 92.2 Å². The molecule has 8 heteroatoms. The summed E-state index contributed by atoms with van der Waals surface area (Å²) in [5.41, 5.74) is 1.89. The highest BCUT2D eigenvalue weighted by molar-refractivity contribution is 6.46. The van der Waals surface area contributed by atoms with Gasteiger partial charge in [-0.2, -0.15) is 0 Å². The van der Waals surface area contributed by atoms with Gasteiger partial charge in [0.1, 0.15) is 17.6 Å². The molecule has 8 nitrogen and oxygen atoms in total. The third kappa shape index (κ3) is 4.77. The molecule has 174 valence electrons. The lowest BCUT2D eigenvalue weighted by Crippen LogP contribution is -2.39. The number of carbonyl (C=O) groups is 2. The molecule has 4 rings (SSSR count). The highest BCUT2D eigenvalue weighted by Gasteiger charge is 2.46. The molecule has 33 heavy (non-hydrogen) atoms. The van der Waals surface area contributed by atoms with E-state index in [1.807, 2.05) is 13.0 Å². The molecular weight excluding hydrogens is 422 g/mol. The average molecular weight is 452 g/mol. The zero-order valence-electron chi connectivity index (χ0n) is 19.0. The first kappa shape index (κ1) is 22.9. The van der Waals surface area contributed by atoms with Crippen LogP contribution in [0.4, 0.5) is 0 Å². The van der Waals surface area contributed by atoms with Crippen LogP contribution in [0.5, 0.6) is 5.75 Å². The molecule has 2 aromatic rings. The number of Topliss-reactive ketones (excluding diaryl/α,β-unsaturated/α-hetero) is 1. The van der Waals surface area contributed by atoms with Gasteiger partial charge in [0.15, 0.2) is 0 Å². The van der Waals surface area contributed by atoms with Gasteiger partial charge in [-0.05, 0) is 49.2 Å². The van der Waals surface area contributed by atoms with Crippen LogP contribution in [0.25, 0.3) is 5.76 Å². The number of aliphatic hydroxyl groups is 1. The monoisotopic (exact) mass is 451 g/mol. The minimum Gasteiger partial charge on any atom is -0.507 e. The van der Waals surface area contributed by atoms with Crippen LogP contribution in [0, 0.1) is 6.92 Å². The molecule has 1 amide bonds. The Balaban J connectivity index is 1.66. The van der Waals surface area contributed by atoms with Crippen molar-refractivity contribution in [3.05, 3.63) is 65.0 Å². The number of benzene rings is 1. The molecule has 2 fully saturated rings. The molecule has 1 aromatic carbocycles. The van der Waals surface area contributed by atoms with E-state index in [-0.39, 0.29) is 11.3 Å². The molecule has 0 saturated carbocycles. The summed E-state index contributed by atoms with van der Waals surface area (Å²) in [4.78, 5) is 34.4. The first-order valence-corrected chi connectivity index (χ1v) is 11.2. The van der Waals surface area contributed by atoms with Crippen molar-refractivity contribution in [2.24, 2.45) is 0 Å². The lowest BCUT2D eigenvalue weighted by molar-refractivity contribution is -0.140. The first-order chi connectivity index (χ1) is 16.0. The number of carbonyl (C=O) groups excluding carboxylic acids is 2. The van der Waals surface area contributed by atoms with Crippen molar-refractivity contribution in [1.29, 1.82) is 0 Å². The Labute approximate surface area is 193 Å². The number of ketones is 1. The smallest absolute Gasteiger partial charge is 0.295 e. The Morgan fingerprint density at radius 2 is 1.97 bits per heavy atom. The number of amides is 1. The van der Waals surface area contributed by atoms with Crippen molar-refractivity contribution >= 4 is 17.4 Å². The van der Waals surface area contributed by atoms with Gasteiger partial charge < -0.3 is 19.5 Å². The van der Waals surface area contributed by atoms with Crippen LogP contribution < -0.4 is 4.74 Å². The second-order valence-electron chi connectivity index (χ2n) is 8.24. The molecule has 2 aliphatic heterocycles. The summed E-state index contributed by atoms with van der Waals surface area (Å²) in [6, 6.07) is 9.79. The van der Waals surface area contributed by atoms with Crippen LogP contribution in [0.3, 0.4) is 0 Å². The number of aromatic nitrogens is 1. The van der Waals surface area contributed by atoms with Gasteiger partial charge >= 0.3 is 0 Å².